The number of nitrogens with one attached hydrogen (secondary N) is 1. The average molecular weight is 206 g/mol. The Bertz CT molecular complexity index is 377. The van der Waals surface area contributed by atoms with Gasteiger partial charge in [-0.1, -0.05) is 12.1 Å². The molecular weight excluding hydrogens is 192 g/mol. The molecule has 0 bridgehead atoms. The van der Waals surface area contributed by atoms with E-state index in [-0.39, 0.29) is 6.10 Å². The molecule has 0 spiro atoms. The van der Waals surface area contributed by atoms with Gasteiger partial charge in [-0.05, 0) is 12.1 Å². The van der Waals surface area contributed by atoms with E-state index in [9.17, 15) is 0 Å². The Morgan fingerprint density at radius 3 is 2.67 bits per heavy atom. The summed E-state index contributed by atoms with van der Waals surface area (Å²) < 4.78 is 11.2. The van der Waals surface area contributed by atoms with E-state index in [1.165, 1.54) is 0 Å². The minimum atomic E-state index is -0.310. The second kappa shape index (κ2) is 3.81. The van der Waals surface area contributed by atoms with Crippen molar-refractivity contribution < 1.29 is 9.47 Å². The average Bonchev–Trinajstić information content (AvgIpc) is 2.27. The lowest BCUT2D eigenvalue weighted by Crippen LogP contribution is -2.42. The van der Waals surface area contributed by atoms with Gasteiger partial charge in [0, 0.05) is 14.1 Å². The molecule has 15 heavy (non-hydrogen) atoms. The molecule has 1 atom stereocenters. The fraction of sp³-hybridized carbons (Fsp3) is 0.364. The maximum absolute atomic E-state index is 7.80. The minimum absolute atomic E-state index is 0.310. The summed E-state index contributed by atoms with van der Waals surface area (Å²) >= 11 is 0. The highest BCUT2D eigenvalue weighted by Gasteiger charge is 2.25. The van der Waals surface area contributed by atoms with Crippen molar-refractivity contribution in [3.05, 3.63) is 24.3 Å². The summed E-state index contributed by atoms with van der Waals surface area (Å²) in [6.07, 6.45) is -0.310. The number of amidine groups is 1. The first-order chi connectivity index (χ1) is 7.18. The van der Waals surface area contributed by atoms with Gasteiger partial charge in [-0.25, -0.2) is 0 Å². The van der Waals surface area contributed by atoms with Crippen molar-refractivity contribution in [3.63, 3.8) is 0 Å². The Hall–Kier alpha value is -1.71. The van der Waals surface area contributed by atoms with Gasteiger partial charge in [0.1, 0.15) is 12.4 Å². The summed E-state index contributed by atoms with van der Waals surface area (Å²) in [5, 5.41) is 7.80. The molecule has 0 saturated carbocycles. The van der Waals surface area contributed by atoms with Crippen molar-refractivity contribution in [3.8, 4) is 11.5 Å². The lowest BCUT2D eigenvalue weighted by molar-refractivity contribution is 0.127. The first-order valence-corrected chi connectivity index (χ1v) is 4.82. The largest absolute Gasteiger partial charge is 0.485 e. The number of likely N-dealkylation sites (N-methyl/N-ethyl adjacent to an activating group) is 1. The van der Waals surface area contributed by atoms with Gasteiger partial charge in [-0.3, -0.25) is 5.41 Å². The zero-order chi connectivity index (χ0) is 10.8. The van der Waals surface area contributed by atoms with E-state index in [0.717, 1.165) is 5.75 Å². The van der Waals surface area contributed by atoms with Gasteiger partial charge in [0.05, 0.1) is 0 Å². The fourth-order valence-corrected chi connectivity index (χ4v) is 1.44. The molecule has 0 radical (unpaired) electrons. The number of benzene rings is 1. The molecule has 1 aromatic carbocycles. The molecule has 1 unspecified atom stereocenters. The van der Waals surface area contributed by atoms with Crippen LogP contribution in [0.25, 0.3) is 0 Å². The predicted octanol–water partition coefficient (Wildman–Crippen LogP) is 1.37. The van der Waals surface area contributed by atoms with Crippen molar-refractivity contribution in [2.24, 2.45) is 0 Å². The summed E-state index contributed by atoms with van der Waals surface area (Å²) in [5.41, 5.74) is 0. The van der Waals surface area contributed by atoms with Crippen LogP contribution in [0.5, 0.6) is 11.5 Å². The Balaban J connectivity index is 2.15. The Morgan fingerprint density at radius 1 is 1.33 bits per heavy atom. The van der Waals surface area contributed by atoms with Gasteiger partial charge < -0.3 is 14.4 Å². The number of fused-ring (bicyclic) bond motifs is 1. The summed E-state index contributed by atoms with van der Waals surface area (Å²) in [6, 6.07) is 7.51. The van der Waals surface area contributed by atoms with E-state index >= 15 is 0 Å². The lowest BCUT2D eigenvalue weighted by atomic mass is 10.2. The molecule has 4 nitrogen and oxygen atoms in total. The van der Waals surface area contributed by atoms with Crippen LogP contribution in [0.2, 0.25) is 0 Å². The third kappa shape index (κ3) is 1.88. The molecule has 0 saturated heterocycles. The maximum atomic E-state index is 7.80. The molecule has 2 rings (SSSR count). The molecule has 1 aliphatic heterocycles. The van der Waals surface area contributed by atoms with Crippen molar-refractivity contribution >= 4 is 5.84 Å². The normalized spacial score (nSPS) is 18.4. The number of rotatable bonds is 1. The minimum Gasteiger partial charge on any atom is -0.485 e. The molecule has 4 heteroatoms. The molecule has 1 aromatic rings. The van der Waals surface area contributed by atoms with Gasteiger partial charge in [-0.2, -0.15) is 0 Å². The zero-order valence-electron chi connectivity index (χ0n) is 8.86. The van der Waals surface area contributed by atoms with E-state index in [4.69, 9.17) is 14.9 Å². The third-order valence-electron chi connectivity index (χ3n) is 2.30. The molecule has 1 heterocycles. The summed E-state index contributed by atoms with van der Waals surface area (Å²) in [4.78, 5) is 1.72. The van der Waals surface area contributed by atoms with Crippen LogP contribution in [-0.4, -0.2) is 37.5 Å². The zero-order valence-corrected chi connectivity index (χ0v) is 8.86. The van der Waals surface area contributed by atoms with E-state index in [2.05, 4.69) is 0 Å². The quantitative estimate of drug-likeness (QED) is 0.557. The van der Waals surface area contributed by atoms with Crippen LogP contribution >= 0.6 is 0 Å². The number of hydrogen-bond acceptors (Lipinski definition) is 3. The molecular formula is C11H14N2O2. The SMILES string of the molecule is CN(C)C(=N)C1COc2ccccc2O1. The van der Waals surface area contributed by atoms with Crippen LogP contribution in [0.15, 0.2) is 24.3 Å². The molecule has 0 amide bonds. The van der Waals surface area contributed by atoms with E-state index in [1.54, 1.807) is 4.90 Å². The highest BCUT2D eigenvalue weighted by Crippen LogP contribution is 2.31. The fourth-order valence-electron chi connectivity index (χ4n) is 1.44. The highest BCUT2D eigenvalue weighted by atomic mass is 16.6. The van der Waals surface area contributed by atoms with Gasteiger partial charge in [0.2, 0.25) is 0 Å². The maximum Gasteiger partial charge on any atom is 0.189 e. The Kier molecular flexibility index (Phi) is 2.49. The Labute approximate surface area is 88.9 Å². The molecule has 1 aliphatic rings. The molecule has 0 aromatic heterocycles. The van der Waals surface area contributed by atoms with Crippen LogP contribution in [0.3, 0.4) is 0 Å². The number of para-hydroxylation sites is 2. The summed E-state index contributed by atoms with van der Waals surface area (Å²) in [6.45, 7) is 0.397. The second-order valence-electron chi connectivity index (χ2n) is 3.64. The van der Waals surface area contributed by atoms with E-state index < -0.39 is 0 Å². The Morgan fingerprint density at radius 2 is 2.00 bits per heavy atom. The van der Waals surface area contributed by atoms with Crippen molar-refractivity contribution in [1.82, 2.24) is 4.90 Å². The number of ether oxygens (including phenoxy) is 2. The van der Waals surface area contributed by atoms with Crippen molar-refractivity contribution in [2.75, 3.05) is 20.7 Å². The van der Waals surface area contributed by atoms with E-state index in [1.807, 2.05) is 38.4 Å². The molecule has 0 fully saturated rings. The molecule has 0 aliphatic carbocycles. The number of nitrogens with zero attached hydrogens (tertiary/aromatic N) is 1. The van der Waals surface area contributed by atoms with Crippen LogP contribution in [-0.2, 0) is 0 Å². The monoisotopic (exact) mass is 206 g/mol. The topological polar surface area (TPSA) is 45.6 Å². The highest BCUT2D eigenvalue weighted by molar-refractivity contribution is 5.84. The second-order valence-corrected chi connectivity index (χ2v) is 3.64. The van der Waals surface area contributed by atoms with Gasteiger partial charge in [0.15, 0.2) is 17.6 Å². The van der Waals surface area contributed by atoms with Crippen LogP contribution in [0, 0.1) is 5.41 Å². The lowest BCUT2D eigenvalue weighted by Gasteiger charge is -2.29. The summed E-state index contributed by atoms with van der Waals surface area (Å²) in [5.74, 6) is 1.88. The first kappa shape index (κ1) is 9.83. The van der Waals surface area contributed by atoms with Crippen LogP contribution in [0.4, 0.5) is 0 Å². The summed E-state index contributed by atoms with van der Waals surface area (Å²) in [7, 11) is 3.65. The van der Waals surface area contributed by atoms with Crippen molar-refractivity contribution in [2.45, 2.75) is 6.10 Å². The van der Waals surface area contributed by atoms with Crippen molar-refractivity contribution in [1.29, 1.82) is 5.41 Å². The van der Waals surface area contributed by atoms with Crippen LogP contribution in [0.1, 0.15) is 0 Å². The third-order valence-corrected chi connectivity index (χ3v) is 2.30. The standard InChI is InChI=1S/C11H14N2O2/c1-13(2)11(12)10-7-14-8-5-3-4-6-9(8)15-10/h3-6,10,12H,7H2,1-2H3. The number of hydrogen-bond donors (Lipinski definition) is 1. The van der Waals surface area contributed by atoms with Gasteiger partial charge >= 0.3 is 0 Å². The van der Waals surface area contributed by atoms with E-state index in [0.29, 0.717) is 18.2 Å². The van der Waals surface area contributed by atoms with Crippen LogP contribution < -0.4 is 9.47 Å². The van der Waals surface area contributed by atoms with Gasteiger partial charge in [-0.15, -0.1) is 0 Å². The molecule has 80 valence electrons. The predicted molar refractivity (Wildman–Crippen MR) is 57.8 cm³/mol. The first-order valence-electron chi connectivity index (χ1n) is 4.82. The molecule has 1 N–H and O–H groups in total. The van der Waals surface area contributed by atoms with Gasteiger partial charge in [0.25, 0.3) is 0 Å². The smallest absolute Gasteiger partial charge is 0.189 e.